The van der Waals surface area contributed by atoms with Gasteiger partial charge in [-0.25, -0.2) is 0 Å². The smallest absolute Gasteiger partial charge is 0.180 e. The highest BCUT2D eigenvalue weighted by Crippen LogP contribution is 2.24. The van der Waals surface area contributed by atoms with Crippen LogP contribution in [0.15, 0.2) is 12.1 Å². The average Bonchev–Trinajstić information content (AvgIpc) is 2.56. The van der Waals surface area contributed by atoms with E-state index < -0.39 is 0 Å². The molecule has 0 atom stereocenters. The van der Waals surface area contributed by atoms with Gasteiger partial charge in [0.05, 0.1) is 18.7 Å². The largest absolute Gasteiger partial charge is 0.493 e. The molecule has 0 aliphatic carbocycles. The summed E-state index contributed by atoms with van der Waals surface area (Å²) >= 11 is 0. The summed E-state index contributed by atoms with van der Waals surface area (Å²) in [6.45, 7) is 14.6. The number of benzene rings is 1. The molecule has 1 saturated heterocycles. The number of hydrogen-bond donors (Lipinski definition) is 0. The Balaban J connectivity index is 2.07. The van der Waals surface area contributed by atoms with E-state index in [0.29, 0.717) is 13.2 Å². The number of rotatable bonds is 7. The zero-order valence-corrected chi connectivity index (χ0v) is 15.0. The first-order chi connectivity index (χ1) is 11.0. The second-order valence-electron chi connectivity index (χ2n) is 6.41. The summed E-state index contributed by atoms with van der Waals surface area (Å²) in [5.41, 5.74) is 3.05. The van der Waals surface area contributed by atoms with Crippen LogP contribution < -0.4 is 4.74 Å². The number of Topliss-reactive ketones (excluding diaryl/α,β-unsaturated/α-hetero) is 1. The van der Waals surface area contributed by atoms with Crippen LogP contribution in [0.4, 0.5) is 0 Å². The molecule has 0 radical (unpaired) electrons. The lowest BCUT2D eigenvalue weighted by Gasteiger charge is -2.33. The molecule has 1 aromatic carbocycles. The number of piperazine rings is 1. The molecule has 1 aromatic rings. The van der Waals surface area contributed by atoms with Crippen LogP contribution in [0.1, 0.15) is 41.8 Å². The first kappa shape index (κ1) is 18.0. The maximum atomic E-state index is 12.8. The fourth-order valence-electron chi connectivity index (χ4n) is 2.89. The second-order valence-corrected chi connectivity index (χ2v) is 6.41. The number of carbonyl (C=O) groups is 1. The van der Waals surface area contributed by atoms with Crippen molar-refractivity contribution < 1.29 is 9.53 Å². The summed E-state index contributed by atoms with van der Waals surface area (Å²) in [5, 5.41) is 0. The van der Waals surface area contributed by atoms with Gasteiger partial charge in [0.25, 0.3) is 0 Å². The molecule has 23 heavy (non-hydrogen) atoms. The molecular weight excluding hydrogens is 288 g/mol. The lowest BCUT2D eigenvalue weighted by atomic mass is 10.0. The van der Waals surface area contributed by atoms with E-state index in [1.165, 1.54) is 5.56 Å². The standard InChI is InChI=1S/C19H30N2O2/c1-5-11-23-19-13-16(4)15(3)12-17(19)18(22)14-21-9-7-20(6-2)8-10-21/h12-13H,5-11,14H2,1-4H3. The zero-order valence-electron chi connectivity index (χ0n) is 15.0. The van der Waals surface area contributed by atoms with Gasteiger partial charge in [0.2, 0.25) is 0 Å². The van der Waals surface area contributed by atoms with Gasteiger partial charge in [0.15, 0.2) is 5.78 Å². The number of nitrogens with zero attached hydrogens (tertiary/aromatic N) is 2. The van der Waals surface area contributed by atoms with Crippen molar-refractivity contribution in [2.75, 3.05) is 45.9 Å². The Morgan fingerprint density at radius 3 is 2.26 bits per heavy atom. The van der Waals surface area contributed by atoms with Crippen molar-refractivity contribution in [2.45, 2.75) is 34.1 Å². The highest BCUT2D eigenvalue weighted by atomic mass is 16.5. The molecule has 0 bridgehead atoms. The Kier molecular flexibility index (Phi) is 6.60. The molecule has 0 spiro atoms. The fraction of sp³-hybridized carbons (Fsp3) is 0.632. The van der Waals surface area contributed by atoms with Crippen LogP contribution in [0.2, 0.25) is 0 Å². The summed E-state index contributed by atoms with van der Waals surface area (Å²) in [6.07, 6.45) is 0.944. The number of ketones is 1. The molecule has 0 saturated carbocycles. The number of aryl methyl sites for hydroxylation is 2. The maximum absolute atomic E-state index is 12.8. The summed E-state index contributed by atoms with van der Waals surface area (Å²) in [6, 6.07) is 4.00. The van der Waals surface area contributed by atoms with Crippen LogP contribution in [0.5, 0.6) is 5.75 Å². The van der Waals surface area contributed by atoms with Crippen molar-refractivity contribution >= 4 is 5.78 Å². The van der Waals surface area contributed by atoms with E-state index in [1.54, 1.807) is 0 Å². The molecule has 1 fully saturated rings. The van der Waals surface area contributed by atoms with Gasteiger partial charge < -0.3 is 9.64 Å². The van der Waals surface area contributed by atoms with Crippen LogP contribution in [-0.2, 0) is 0 Å². The van der Waals surface area contributed by atoms with Crippen molar-refractivity contribution in [3.8, 4) is 5.75 Å². The molecule has 0 amide bonds. The molecule has 1 aliphatic heterocycles. The number of hydrogen-bond acceptors (Lipinski definition) is 4. The summed E-state index contributed by atoms with van der Waals surface area (Å²) in [5.74, 6) is 0.913. The molecule has 0 N–H and O–H groups in total. The minimum atomic E-state index is 0.171. The summed E-state index contributed by atoms with van der Waals surface area (Å²) in [4.78, 5) is 17.5. The third kappa shape index (κ3) is 4.79. The van der Waals surface area contributed by atoms with Gasteiger partial charge in [0.1, 0.15) is 5.75 Å². The molecule has 0 aromatic heterocycles. The number of carbonyl (C=O) groups excluding carboxylic acids is 1. The van der Waals surface area contributed by atoms with Gasteiger partial charge in [-0.15, -0.1) is 0 Å². The summed E-state index contributed by atoms with van der Waals surface area (Å²) < 4.78 is 5.82. The zero-order chi connectivity index (χ0) is 16.8. The maximum Gasteiger partial charge on any atom is 0.180 e. The van der Waals surface area contributed by atoms with Crippen LogP contribution in [-0.4, -0.2) is 61.5 Å². The Morgan fingerprint density at radius 1 is 1.04 bits per heavy atom. The monoisotopic (exact) mass is 318 g/mol. The second kappa shape index (κ2) is 8.46. The average molecular weight is 318 g/mol. The van der Waals surface area contributed by atoms with E-state index in [2.05, 4.69) is 37.5 Å². The number of ether oxygens (including phenoxy) is 1. The van der Waals surface area contributed by atoms with Crippen LogP contribution in [0.3, 0.4) is 0 Å². The first-order valence-electron chi connectivity index (χ1n) is 8.77. The van der Waals surface area contributed by atoms with Crippen molar-refractivity contribution in [3.63, 3.8) is 0 Å². The summed E-state index contributed by atoms with van der Waals surface area (Å²) in [7, 11) is 0. The van der Waals surface area contributed by atoms with Crippen LogP contribution >= 0.6 is 0 Å². The predicted molar refractivity (Wildman–Crippen MR) is 94.6 cm³/mol. The van der Waals surface area contributed by atoms with Gasteiger partial charge >= 0.3 is 0 Å². The van der Waals surface area contributed by atoms with Crippen LogP contribution in [0, 0.1) is 13.8 Å². The van der Waals surface area contributed by atoms with Crippen molar-refractivity contribution in [1.82, 2.24) is 9.80 Å². The van der Waals surface area contributed by atoms with Crippen molar-refractivity contribution in [3.05, 3.63) is 28.8 Å². The minimum absolute atomic E-state index is 0.171. The normalized spacial score (nSPS) is 16.5. The van der Waals surface area contributed by atoms with E-state index in [0.717, 1.165) is 56.0 Å². The molecule has 128 valence electrons. The fourth-order valence-corrected chi connectivity index (χ4v) is 2.89. The molecule has 1 aliphatic rings. The van der Waals surface area contributed by atoms with Crippen LogP contribution in [0.25, 0.3) is 0 Å². The lowest BCUT2D eigenvalue weighted by Crippen LogP contribution is -2.47. The highest BCUT2D eigenvalue weighted by molar-refractivity contribution is 6.00. The van der Waals surface area contributed by atoms with Gasteiger partial charge in [-0.1, -0.05) is 13.8 Å². The van der Waals surface area contributed by atoms with E-state index in [4.69, 9.17) is 4.74 Å². The Labute approximate surface area is 140 Å². The Morgan fingerprint density at radius 2 is 1.65 bits per heavy atom. The quantitative estimate of drug-likeness (QED) is 0.724. The number of likely N-dealkylation sites (N-methyl/N-ethyl adjacent to an activating group) is 1. The molecule has 1 heterocycles. The van der Waals surface area contributed by atoms with Crippen molar-refractivity contribution in [2.24, 2.45) is 0 Å². The van der Waals surface area contributed by atoms with Crippen molar-refractivity contribution in [1.29, 1.82) is 0 Å². The van der Waals surface area contributed by atoms with E-state index in [-0.39, 0.29) is 5.78 Å². The first-order valence-corrected chi connectivity index (χ1v) is 8.77. The SMILES string of the molecule is CCCOc1cc(C)c(C)cc1C(=O)CN1CCN(CC)CC1. The van der Waals surface area contributed by atoms with Gasteiger partial charge in [-0.05, 0) is 50.1 Å². The molecule has 0 unspecified atom stereocenters. The Hall–Kier alpha value is -1.39. The third-order valence-electron chi connectivity index (χ3n) is 4.64. The topological polar surface area (TPSA) is 32.8 Å². The van der Waals surface area contributed by atoms with Gasteiger partial charge in [-0.3, -0.25) is 9.69 Å². The third-order valence-corrected chi connectivity index (χ3v) is 4.64. The minimum Gasteiger partial charge on any atom is -0.493 e. The Bertz CT molecular complexity index is 534. The van der Waals surface area contributed by atoms with E-state index in [1.807, 2.05) is 12.1 Å². The molecule has 4 heteroatoms. The van der Waals surface area contributed by atoms with Gasteiger partial charge in [0, 0.05) is 26.2 Å². The highest BCUT2D eigenvalue weighted by Gasteiger charge is 2.21. The molecule has 2 rings (SSSR count). The predicted octanol–water partition coefficient (Wildman–Crippen LogP) is 2.91. The molecule has 4 nitrogen and oxygen atoms in total. The van der Waals surface area contributed by atoms with Gasteiger partial charge in [-0.2, -0.15) is 0 Å². The molecular formula is C19H30N2O2. The van der Waals surface area contributed by atoms with E-state index >= 15 is 0 Å². The lowest BCUT2D eigenvalue weighted by molar-refractivity contribution is 0.0855. The van der Waals surface area contributed by atoms with E-state index in [9.17, 15) is 4.79 Å².